The van der Waals surface area contributed by atoms with Gasteiger partial charge in [0.25, 0.3) is 5.91 Å². The molecule has 3 rings (SSSR count). The van der Waals surface area contributed by atoms with Gasteiger partial charge in [-0.3, -0.25) is 9.20 Å². The lowest BCUT2D eigenvalue weighted by Gasteiger charge is -2.08. The molecule has 2 heterocycles. The fourth-order valence-electron chi connectivity index (χ4n) is 3.04. The fourth-order valence-corrected chi connectivity index (χ4v) is 3.04. The van der Waals surface area contributed by atoms with Gasteiger partial charge in [0.15, 0.2) is 11.4 Å². The fraction of sp³-hybridized carbons (Fsp3) is 0.333. The van der Waals surface area contributed by atoms with Crippen LogP contribution < -0.4 is 14.8 Å². The third-order valence-corrected chi connectivity index (χ3v) is 4.39. The number of ether oxygens (including phenoxy) is 2. The van der Waals surface area contributed by atoms with E-state index < -0.39 is 0 Å². The maximum absolute atomic E-state index is 12.8. The molecule has 0 aliphatic rings. The molecule has 1 aromatic carbocycles. The average molecular weight is 367 g/mol. The van der Waals surface area contributed by atoms with Gasteiger partial charge < -0.3 is 14.8 Å². The minimum Gasteiger partial charge on any atom is -0.497 e. The highest BCUT2D eigenvalue weighted by Gasteiger charge is 2.19. The summed E-state index contributed by atoms with van der Waals surface area (Å²) in [4.78, 5) is 17.4. The summed E-state index contributed by atoms with van der Waals surface area (Å²) >= 11 is 0. The molecule has 0 aliphatic heterocycles. The van der Waals surface area contributed by atoms with Gasteiger partial charge in [0.1, 0.15) is 11.4 Å². The SMILES string of the molecule is CCOc1cccn2c(C(=O)NCCc3ccc(OC)cc3)c(CC)nc12. The highest BCUT2D eigenvalue weighted by atomic mass is 16.5. The Labute approximate surface area is 159 Å². The highest BCUT2D eigenvalue weighted by molar-refractivity contribution is 5.95. The molecule has 2 aromatic heterocycles. The Kier molecular flexibility index (Phi) is 5.96. The summed E-state index contributed by atoms with van der Waals surface area (Å²) in [6.45, 7) is 5.03. The number of aromatic nitrogens is 2. The van der Waals surface area contributed by atoms with Crippen molar-refractivity contribution in [2.45, 2.75) is 26.7 Å². The van der Waals surface area contributed by atoms with E-state index in [-0.39, 0.29) is 5.91 Å². The molecule has 0 saturated carbocycles. The Bertz CT molecular complexity index is 916. The van der Waals surface area contributed by atoms with E-state index in [1.807, 2.05) is 60.8 Å². The molecule has 27 heavy (non-hydrogen) atoms. The summed E-state index contributed by atoms with van der Waals surface area (Å²) in [5.41, 5.74) is 3.16. The predicted octanol–water partition coefficient (Wildman–Crippen LogP) is 3.28. The quantitative estimate of drug-likeness (QED) is 0.664. The lowest BCUT2D eigenvalue weighted by atomic mass is 10.1. The van der Waals surface area contributed by atoms with E-state index >= 15 is 0 Å². The zero-order valence-electron chi connectivity index (χ0n) is 16.0. The van der Waals surface area contributed by atoms with Crippen molar-refractivity contribution in [3.63, 3.8) is 0 Å². The highest BCUT2D eigenvalue weighted by Crippen LogP contribution is 2.22. The molecule has 142 valence electrons. The Hall–Kier alpha value is -3.02. The van der Waals surface area contributed by atoms with E-state index in [2.05, 4.69) is 10.3 Å². The van der Waals surface area contributed by atoms with E-state index in [9.17, 15) is 4.79 Å². The summed E-state index contributed by atoms with van der Waals surface area (Å²) < 4.78 is 12.6. The second-order valence-electron chi connectivity index (χ2n) is 6.11. The van der Waals surface area contributed by atoms with Gasteiger partial charge in [-0.1, -0.05) is 19.1 Å². The number of carbonyl (C=O) groups is 1. The van der Waals surface area contributed by atoms with Crippen LogP contribution in [0, 0.1) is 0 Å². The summed E-state index contributed by atoms with van der Waals surface area (Å²) in [5.74, 6) is 1.39. The first-order valence-corrected chi connectivity index (χ1v) is 9.21. The smallest absolute Gasteiger partial charge is 0.270 e. The number of aryl methyl sites for hydroxylation is 1. The molecular weight excluding hydrogens is 342 g/mol. The van der Waals surface area contributed by atoms with E-state index in [4.69, 9.17) is 9.47 Å². The minimum absolute atomic E-state index is 0.124. The van der Waals surface area contributed by atoms with Crippen molar-refractivity contribution in [2.24, 2.45) is 0 Å². The van der Waals surface area contributed by atoms with Crippen molar-refractivity contribution in [1.82, 2.24) is 14.7 Å². The third kappa shape index (κ3) is 4.05. The van der Waals surface area contributed by atoms with Crippen molar-refractivity contribution >= 4 is 11.6 Å². The molecule has 0 spiro atoms. The number of imidazole rings is 1. The summed E-state index contributed by atoms with van der Waals surface area (Å²) in [6.07, 6.45) is 3.27. The van der Waals surface area contributed by atoms with Crippen molar-refractivity contribution in [2.75, 3.05) is 20.3 Å². The van der Waals surface area contributed by atoms with Gasteiger partial charge >= 0.3 is 0 Å². The van der Waals surface area contributed by atoms with E-state index in [1.54, 1.807) is 7.11 Å². The third-order valence-electron chi connectivity index (χ3n) is 4.39. The zero-order valence-corrected chi connectivity index (χ0v) is 16.0. The van der Waals surface area contributed by atoms with Crippen LogP contribution in [0.15, 0.2) is 42.6 Å². The van der Waals surface area contributed by atoms with Crippen LogP contribution >= 0.6 is 0 Å². The molecule has 0 saturated heterocycles. The van der Waals surface area contributed by atoms with Crippen LogP contribution in [-0.4, -0.2) is 35.6 Å². The van der Waals surface area contributed by atoms with Gasteiger partial charge in [0.2, 0.25) is 0 Å². The molecule has 3 aromatic rings. The maximum Gasteiger partial charge on any atom is 0.270 e. The van der Waals surface area contributed by atoms with E-state index in [0.29, 0.717) is 36.7 Å². The average Bonchev–Trinajstić information content (AvgIpc) is 3.08. The number of hydrogen-bond donors (Lipinski definition) is 1. The molecule has 1 N–H and O–H groups in total. The van der Waals surface area contributed by atoms with Crippen LogP contribution in [0.4, 0.5) is 0 Å². The van der Waals surface area contributed by atoms with Gasteiger partial charge in [-0.2, -0.15) is 0 Å². The Morgan fingerprint density at radius 2 is 1.96 bits per heavy atom. The molecule has 0 unspecified atom stereocenters. The molecule has 0 aliphatic carbocycles. The first-order chi connectivity index (χ1) is 13.2. The molecule has 6 nitrogen and oxygen atoms in total. The van der Waals surface area contributed by atoms with Gasteiger partial charge in [-0.05, 0) is 49.6 Å². The van der Waals surface area contributed by atoms with Crippen molar-refractivity contribution in [3.05, 3.63) is 59.5 Å². The number of rotatable bonds is 8. The van der Waals surface area contributed by atoms with Crippen LogP contribution in [0.2, 0.25) is 0 Å². The lowest BCUT2D eigenvalue weighted by Crippen LogP contribution is -2.27. The minimum atomic E-state index is -0.124. The van der Waals surface area contributed by atoms with E-state index in [0.717, 1.165) is 23.4 Å². The molecule has 0 fully saturated rings. The number of carbonyl (C=O) groups excluding carboxylic acids is 1. The number of benzene rings is 1. The number of fused-ring (bicyclic) bond motifs is 1. The molecule has 0 bridgehead atoms. The molecule has 0 atom stereocenters. The largest absolute Gasteiger partial charge is 0.497 e. The molecular formula is C21H25N3O3. The number of hydrogen-bond acceptors (Lipinski definition) is 4. The van der Waals surface area contributed by atoms with Crippen LogP contribution in [0.3, 0.4) is 0 Å². The first-order valence-electron chi connectivity index (χ1n) is 9.21. The standard InChI is InChI=1S/C21H25N3O3/c1-4-17-19(24-14-6-7-18(27-5-2)20(24)23-17)21(25)22-13-12-15-8-10-16(26-3)11-9-15/h6-11,14H,4-5,12-13H2,1-3H3,(H,22,25). The van der Waals surface area contributed by atoms with Gasteiger partial charge in [0.05, 0.1) is 19.4 Å². The van der Waals surface area contributed by atoms with Crippen molar-refractivity contribution < 1.29 is 14.3 Å². The summed E-state index contributed by atoms with van der Waals surface area (Å²) in [6, 6.07) is 11.6. The molecule has 6 heteroatoms. The Balaban J connectivity index is 1.75. The second kappa shape index (κ2) is 8.58. The number of methoxy groups -OCH3 is 1. The van der Waals surface area contributed by atoms with Crippen LogP contribution in [0.5, 0.6) is 11.5 Å². The Morgan fingerprint density at radius 3 is 2.63 bits per heavy atom. The van der Waals surface area contributed by atoms with Crippen molar-refractivity contribution in [1.29, 1.82) is 0 Å². The summed E-state index contributed by atoms with van der Waals surface area (Å²) in [7, 11) is 1.65. The van der Waals surface area contributed by atoms with Crippen LogP contribution in [0.1, 0.15) is 35.6 Å². The van der Waals surface area contributed by atoms with Crippen LogP contribution in [-0.2, 0) is 12.8 Å². The van der Waals surface area contributed by atoms with Gasteiger partial charge in [-0.25, -0.2) is 4.98 Å². The molecule has 0 radical (unpaired) electrons. The first kappa shape index (κ1) is 18.8. The Morgan fingerprint density at radius 1 is 1.19 bits per heavy atom. The normalized spacial score (nSPS) is 10.8. The van der Waals surface area contributed by atoms with Crippen LogP contribution in [0.25, 0.3) is 5.65 Å². The van der Waals surface area contributed by atoms with E-state index in [1.165, 1.54) is 0 Å². The van der Waals surface area contributed by atoms with Gasteiger partial charge in [-0.15, -0.1) is 0 Å². The second-order valence-corrected chi connectivity index (χ2v) is 6.11. The molecule has 1 amide bonds. The van der Waals surface area contributed by atoms with Crippen molar-refractivity contribution in [3.8, 4) is 11.5 Å². The summed E-state index contributed by atoms with van der Waals surface area (Å²) in [5, 5.41) is 3.01. The van der Waals surface area contributed by atoms with Gasteiger partial charge in [0, 0.05) is 12.7 Å². The number of nitrogens with zero attached hydrogens (tertiary/aromatic N) is 2. The maximum atomic E-state index is 12.8. The zero-order chi connectivity index (χ0) is 19.2. The number of pyridine rings is 1. The topological polar surface area (TPSA) is 64.9 Å². The number of nitrogens with one attached hydrogen (secondary N) is 1. The predicted molar refractivity (Wildman–Crippen MR) is 105 cm³/mol. The number of amides is 1. The monoisotopic (exact) mass is 367 g/mol. The lowest BCUT2D eigenvalue weighted by molar-refractivity contribution is 0.0947.